The molecule has 2 heterocycles. The van der Waals surface area contributed by atoms with Crippen LogP contribution in [0, 0.1) is 0 Å². The van der Waals surface area contributed by atoms with Crippen LogP contribution in [0.4, 0.5) is 0 Å². The van der Waals surface area contributed by atoms with Gasteiger partial charge in [-0.05, 0) is 43.5 Å². The van der Waals surface area contributed by atoms with E-state index in [1.807, 2.05) is 18.2 Å². The second-order valence-corrected chi connectivity index (χ2v) is 7.54. The van der Waals surface area contributed by atoms with Crippen LogP contribution in [0.15, 0.2) is 24.3 Å². The van der Waals surface area contributed by atoms with E-state index in [1.165, 1.54) is 0 Å². The van der Waals surface area contributed by atoms with Gasteiger partial charge in [-0.3, -0.25) is 4.79 Å². The quantitative estimate of drug-likeness (QED) is 0.741. The normalized spacial score (nSPS) is 26.4. The van der Waals surface area contributed by atoms with Gasteiger partial charge in [0.05, 0.1) is 18.8 Å². The maximum Gasteiger partial charge on any atom is 0.270 e. The number of piperidine rings is 1. The van der Waals surface area contributed by atoms with Gasteiger partial charge in [-0.15, -0.1) is 0 Å². The lowest BCUT2D eigenvalue weighted by molar-refractivity contribution is -0.0825. The van der Waals surface area contributed by atoms with Crippen LogP contribution >= 0.6 is 11.6 Å². The minimum Gasteiger partial charge on any atom is -0.390 e. The zero-order chi connectivity index (χ0) is 16.9. The number of β-amino-alcohol motifs (C(OH)–C–C–N with tert-alkyl or cyclic N) is 1. The highest BCUT2D eigenvalue weighted by Crippen LogP contribution is 2.43. The lowest BCUT2D eigenvalue weighted by atomic mass is 9.82. The number of hydrogen-bond acceptors (Lipinski definition) is 3. The molecule has 0 bridgehead atoms. The average molecular weight is 349 g/mol. The molecule has 4 rings (SSSR count). The number of aromatic amines is 1. The van der Waals surface area contributed by atoms with Gasteiger partial charge in [0.1, 0.15) is 5.69 Å². The summed E-state index contributed by atoms with van der Waals surface area (Å²) in [4.78, 5) is 18.1. The van der Waals surface area contributed by atoms with Gasteiger partial charge in [-0.2, -0.15) is 0 Å². The van der Waals surface area contributed by atoms with E-state index in [0.717, 1.165) is 36.6 Å². The van der Waals surface area contributed by atoms with E-state index in [1.54, 1.807) is 11.0 Å². The fraction of sp³-hybridized carbons (Fsp3) is 0.500. The molecule has 2 aliphatic rings. The first-order valence-electron chi connectivity index (χ1n) is 8.45. The van der Waals surface area contributed by atoms with Gasteiger partial charge in [0.15, 0.2) is 0 Å². The Morgan fingerprint density at radius 2 is 1.96 bits per heavy atom. The lowest BCUT2D eigenvalue weighted by Gasteiger charge is -2.48. The van der Waals surface area contributed by atoms with Crippen molar-refractivity contribution in [3.63, 3.8) is 0 Å². The first-order valence-corrected chi connectivity index (χ1v) is 8.83. The van der Waals surface area contributed by atoms with Crippen LogP contribution in [0.1, 0.15) is 42.6 Å². The van der Waals surface area contributed by atoms with E-state index in [0.29, 0.717) is 17.1 Å². The number of nitrogens with zero attached hydrogens (tertiary/aromatic N) is 1. The summed E-state index contributed by atoms with van der Waals surface area (Å²) in [6.07, 6.45) is 2.67. The summed E-state index contributed by atoms with van der Waals surface area (Å²) in [7, 11) is 0. The fourth-order valence-corrected chi connectivity index (χ4v) is 4.49. The molecule has 1 amide bonds. The molecule has 24 heavy (non-hydrogen) atoms. The van der Waals surface area contributed by atoms with E-state index in [9.17, 15) is 15.0 Å². The molecule has 1 saturated carbocycles. The van der Waals surface area contributed by atoms with Gasteiger partial charge >= 0.3 is 0 Å². The second-order valence-electron chi connectivity index (χ2n) is 7.10. The van der Waals surface area contributed by atoms with Crippen LogP contribution in [-0.4, -0.2) is 50.3 Å². The number of likely N-dealkylation sites (tertiary alicyclic amines) is 1. The average Bonchev–Trinajstić information content (AvgIpc) is 3.17. The van der Waals surface area contributed by atoms with E-state index < -0.39 is 12.2 Å². The Labute approximate surface area is 145 Å². The maximum atomic E-state index is 13.1. The second kappa shape index (κ2) is 5.76. The number of fused-ring (bicyclic) bond motifs is 1. The highest BCUT2D eigenvalue weighted by atomic mass is 35.5. The topological polar surface area (TPSA) is 76.6 Å². The molecule has 1 aromatic heterocycles. The van der Waals surface area contributed by atoms with Crippen molar-refractivity contribution in [2.45, 2.75) is 49.9 Å². The number of halogens is 1. The number of amides is 1. The van der Waals surface area contributed by atoms with E-state index >= 15 is 0 Å². The predicted octanol–water partition coefficient (Wildman–Crippen LogP) is 2.70. The van der Waals surface area contributed by atoms with Crippen molar-refractivity contribution < 1.29 is 15.0 Å². The molecule has 5 nitrogen and oxygen atoms in total. The Hall–Kier alpha value is -1.56. The molecule has 2 aromatic rings. The molecule has 1 aliphatic carbocycles. The number of rotatable bonds is 1. The molecular formula is C18H21ClN2O3. The summed E-state index contributed by atoms with van der Waals surface area (Å²) in [6.45, 7) is 0.177. The standard InChI is InChI=1S/C18H21ClN2O3/c19-12-3-4-13-11(7-12)8-14(20-13)17(24)21-10-16(23)15(22)9-18(21)5-1-2-6-18/h3-4,7-8,15-16,20,22-23H,1-2,5-6,9-10H2/t15-,16+/m0/s1. The fourth-order valence-electron chi connectivity index (χ4n) is 4.31. The van der Waals surface area contributed by atoms with E-state index in [4.69, 9.17) is 11.6 Å². The van der Waals surface area contributed by atoms with Crippen molar-refractivity contribution in [1.82, 2.24) is 9.88 Å². The Morgan fingerprint density at radius 3 is 2.71 bits per heavy atom. The summed E-state index contributed by atoms with van der Waals surface area (Å²) in [5.41, 5.74) is 1.04. The van der Waals surface area contributed by atoms with Gasteiger partial charge in [0.2, 0.25) is 0 Å². The monoisotopic (exact) mass is 348 g/mol. The minimum absolute atomic E-state index is 0.116. The zero-order valence-electron chi connectivity index (χ0n) is 13.3. The third kappa shape index (κ3) is 2.51. The van der Waals surface area contributed by atoms with Gasteiger partial charge in [0.25, 0.3) is 5.91 Å². The van der Waals surface area contributed by atoms with Crippen molar-refractivity contribution in [2.24, 2.45) is 0 Å². The summed E-state index contributed by atoms with van der Waals surface area (Å²) in [5.74, 6) is -0.116. The third-order valence-corrected chi connectivity index (χ3v) is 5.80. The Balaban J connectivity index is 1.70. The minimum atomic E-state index is -0.890. The molecule has 1 saturated heterocycles. The van der Waals surface area contributed by atoms with Crippen molar-refractivity contribution >= 4 is 28.4 Å². The number of nitrogens with one attached hydrogen (secondary N) is 1. The molecular weight excluding hydrogens is 328 g/mol. The smallest absolute Gasteiger partial charge is 0.270 e. The molecule has 6 heteroatoms. The number of aliphatic hydroxyl groups is 2. The Morgan fingerprint density at radius 1 is 1.21 bits per heavy atom. The van der Waals surface area contributed by atoms with Crippen LogP contribution in [0.2, 0.25) is 5.02 Å². The highest BCUT2D eigenvalue weighted by Gasteiger charge is 2.49. The summed E-state index contributed by atoms with van der Waals surface area (Å²) < 4.78 is 0. The highest BCUT2D eigenvalue weighted by molar-refractivity contribution is 6.31. The van der Waals surface area contributed by atoms with Crippen molar-refractivity contribution in [2.75, 3.05) is 6.54 Å². The number of carbonyl (C=O) groups excluding carboxylic acids is 1. The number of carbonyl (C=O) groups is 1. The number of H-pyrrole nitrogens is 1. The lowest BCUT2D eigenvalue weighted by Crippen LogP contribution is -2.61. The summed E-state index contributed by atoms with van der Waals surface area (Å²) >= 11 is 6.02. The van der Waals surface area contributed by atoms with Crippen LogP contribution in [0.5, 0.6) is 0 Å². The first-order chi connectivity index (χ1) is 11.5. The van der Waals surface area contributed by atoms with E-state index in [2.05, 4.69) is 4.98 Å². The number of aromatic nitrogens is 1. The molecule has 0 unspecified atom stereocenters. The summed E-state index contributed by atoms with van der Waals surface area (Å²) in [5, 5.41) is 21.7. The van der Waals surface area contributed by atoms with Crippen LogP contribution in [-0.2, 0) is 0 Å². The molecule has 0 radical (unpaired) electrons. The molecule has 128 valence electrons. The van der Waals surface area contributed by atoms with Gasteiger partial charge in [-0.25, -0.2) is 0 Å². The Kier molecular flexibility index (Phi) is 3.82. The van der Waals surface area contributed by atoms with Crippen LogP contribution in [0.3, 0.4) is 0 Å². The Bertz CT molecular complexity index is 782. The first kappa shape index (κ1) is 15.9. The van der Waals surface area contributed by atoms with Crippen LogP contribution < -0.4 is 0 Å². The van der Waals surface area contributed by atoms with Crippen molar-refractivity contribution in [3.8, 4) is 0 Å². The van der Waals surface area contributed by atoms with Gasteiger partial charge in [0, 0.05) is 21.5 Å². The number of benzene rings is 1. The summed E-state index contributed by atoms with van der Waals surface area (Å²) in [6, 6.07) is 7.27. The van der Waals surface area contributed by atoms with Crippen LogP contribution in [0.25, 0.3) is 10.9 Å². The molecule has 1 aromatic carbocycles. The van der Waals surface area contributed by atoms with Crippen molar-refractivity contribution in [1.29, 1.82) is 0 Å². The number of hydrogen-bond donors (Lipinski definition) is 3. The van der Waals surface area contributed by atoms with Gasteiger partial charge in [-0.1, -0.05) is 24.4 Å². The van der Waals surface area contributed by atoms with Crippen molar-refractivity contribution in [3.05, 3.63) is 35.0 Å². The molecule has 2 atom stereocenters. The largest absolute Gasteiger partial charge is 0.390 e. The number of aliphatic hydroxyl groups excluding tert-OH is 2. The molecule has 1 spiro atoms. The zero-order valence-corrected chi connectivity index (χ0v) is 14.1. The molecule has 1 aliphatic heterocycles. The third-order valence-electron chi connectivity index (χ3n) is 5.57. The molecule has 3 N–H and O–H groups in total. The molecule has 2 fully saturated rings. The SMILES string of the molecule is O=C(c1cc2cc(Cl)ccc2[nH]1)N1C[C@@H](O)[C@@H](O)CC12CCCC2. The maximum absolute atomic E-state index is 13.1. The predicted molar refractivity (Wildman–Crippen MR) is 92.2 cm³/mol. The van der Waals surface area contributed by atoms with E-state index in [-0.39, 0.29) is 18.0 Å². The van der Waals surface area contributed by atoms with Gasteiger partial charge < -0.3 is 20.1 Å².